The normalized spacial score (nSPS) is 10.6. The zero-order valence-corrected chi connectivity index (χ0v) is 16.1. The van der Waals surface area contributed by atoms with Crippen LogP contribution in [0, 0.1) is 5.82 Å². The molecule has 0 aliphatic carbocycles. The van der Waals surface area contributed by atoms with Crippen LogP contribution in [0.15, 0.2) is 40.9 Å². The lowest BCUT2D eigenvalue weighted by Crippen LogP contribution is -2.18. The molecule has 3 rings (SSSR count). The third-order valence-corrected chi connectivity index (χ3v) is 4.21. The van der Waals surface area contributed by atoms with E-state index in [4.69, 9.17) is 15.2 Å². The Morgan fingerprint density at radius 1 is 1.26 bits per heavy atom. The fourth-order valence-electron chi connectivity index (χ4n) is 2.36. The van der Waals surface area contributed by atoms with E-state index in [9.17, 15) is 4.39 Å². The molecule has 142 valence electrons. The van der Waals surface area contributed by atoms with Crippen molar-refractivity contribution in [3.63, 3.8) is 0 Å². The molecule has 0 bridgehead atoms. The highest BCUT2D eigenvalue weighted by Gasteiger charge is 2.14. The molecule has 27 heavy (non-hydrogen) atoms. The first-order valence-electron chi connectivity index (χ1n) is 8.17. The molecule has 0 unspecified atom stereocenters. The monoisotopic (exact) mass is 436 g/mol. The predicted molar refractivity (Wildman–Crippen MR) is 101 cm³/mol. The van der Waals surface area contributed by atoms with E-state index in [-0.39, 0.29) is 18.4 Å². The number of nitrogens with one attached hydrogen (secondary N) is 1. The van der Waals surface area contributed by atoms with Gasteiger partial charge in [0.2, 0.25) is 0 Å². The van der Waals surface area contributed by atoms with Crippen molar-refractivity contribution in [2.45, 2.75) is 20.1 Å². The van der Waals surface area contributed by atoms with Crippen LogP contribution in [-0.2, 0) is 13.2 Å². The molecule has 3 N–H and O–H groups in total. The molecule has 0 aliphatic heterocycles. The summed E-state index contributed by atoms with van der Waals surface area (Å²) < 4.78 is 26.0. The van der Waals surface area contributed by atoms with Crippen molar-refractivity contribution in [2.75, 3.05) is 17.8 Å². The van der Waals surface area contributed by atoms with Gasteiger partial charge in [-0.25, -0.2) is 4.39 Å². The highest BCUT2D eigenvalue weighted by atomic mass is 79.9. The summed E-state index contributed by atoms with van der Waals surface area (Å²) in [5.41, 5.74) is 9.95. The molecule has 1 aromatic heterocycles. The zero-order chi connectivity index (χ0) is 19.2. The van der Waals surface area contributed by atoms with Crippen molar-refractivity contribution < 1.29 is 13.9 Å². The summed E-state index contributed by atoms with van der Waals surface area (Å²) in [6.45, 7) is 2.83. The Labute approximate surface area is 163 Å². The van der Waals surface area contributed by atoms with E-state index < -0.39 is 0 Å². The number of benzene rings is 2. The third kappa shape index (κ3) is 4.64. The van der Waals surface area contributed by atoms with E-state index in [1.54, 1.807) is 18.2 Å². The largest absolute Gasteiger partial charge is 0.490 e. The summed E-state index contributed by atoms with van der Waals surface area (Å²) in [4.78, 5) is 1.27. The second kappa shape index (κ2) is 8.67. The highest BCUT2D eigenvalue weighted by molar-refractivity contribution is 9.10. The molecule has 0 saturated carbocycles. The lowest BCUT2D eigenvalue weighted by Gasteiger charge is -2.16. The average Bonchev–Trinajstić information content (AvgIpc) is 3.06. The summed E-state index contributed by atoms with van der Waals surface area (Å²) in [7, 11) is 0. The lowest BCUT2D eigenvalue weighted by molar-refractivity contribution is 0.264. The van der Waals surface area contributed by atoms with Crippen LogP contribution in [-0.4, -0.2) is 26.9 Å². The second-order valence-electron chi connectivity index (χ2n) is 5.50. The Morgan fingerprint density at radius 3 is 2.78 bits per heavy atom. The van der Waals surface area contributed by atoms with Crippen LogP contribution in [0.4, 0.5) is 10.3 Å². The van der Waals surface area contributed by atoms with E-state index in [1.807, 2.05) is 19.1 Å². The molecule has 0 amide bonds. The topological polar surface area (TPSA) is 100 Å². The number of rotatable bonds is 8. The van der Waals surface area contributed by atoms with Crippen molar-refractivity contribution in [2.24, 2.45) is 0 Å². The molecule has 3 aromatic rings. The number of hydrogen-bond donors (Lipinski definition) is 2. The minimum Gasteiger partial charge on any atom is -0.490 e. The lowest BCUT2D eigenvalue weighted by atomic mass is 10.2. The first kappa shape index (κ1) is 18.9. The van der Waals surface area contributed by atoms with Gasteiger partial charge in [-0.15, -0.1) is 4.79 Å². The van der Waals surface area contributed by atoms with Crippen LogP contribution in [0.25, 0.3) is 0 Å². The van der Waals surface area contributed by atoms with Gasteiger partial charge in [0.15, 0.2) is 11.5 Å². The zero-order valence-electron chi connectivity index (χ0n) is 14.5. The molecule has 0 fully saturated rings. The van der Waals surface area contributed by atoms with Crippen molar-refractivity contribution in [3.8, 4) is 11.5 Å². The highest BCUT2D eigenvalue weighted by Crippen LogP contribution is 2.37. The Morgan fingerprint density at radius 2 is 2.07 bits per heavy atom. The van der Waals surface area contributed by atoms with Crippen LogP contribution in [0.5, 0.6) is 11.5 Å². The van der Waals surface area contributed by atoms with Crippen molar-refractivity contribution in [1.29, 1.82) is 0 Å². The van der Waals surface area contributed by atoms with Crippen molar-refractivity contribution >= 4 is 21.9 Å². The Kier molecular flexibility index (Phi) is 6.07. The summed E-state index contributed by atoms with van der Waals surface area (Å²) in [6.07, 6.45) is 0. The van der Waals surface area contributed by atoms with Gasteiger partial charge in [0.05, 0.1) is 17.6 Å². The molecule has 10 heteroatoms. The van der Waals surface area contributed by atoms with Gasteiger partial charge in [0, 0.05) is 5.56 Å². The smallest absolute Gasteiger partial charge is 0.260 e. The van der Waals surface area contributed by atoms with Gasteiger partial charge in [-0.3, -0.25) is 0 Å². The van der Waals surface area contributed by atoms with Crippen molar-refractivity contribution in [3.05, 3.63) is 57.8 Å². The van der Waals surface area contributed by atoms with Gasteiger partial charge in [-0.05, 0) is 57.0 Å². The first-order valence-corrected chi connectivity index (χ1v) is 8.97. The number of halogens is 2. The molecule has 8 nitrogen and oxygen atoms in total. The maximum absolute atomic E-state index is 13.8. The Hall–Kier alpha value is -2.88. The molecule has 0 atom stereocenters. The number of nitrogens with two attached hydrogens (primary N) is 1. The number of aromatic nitrogens is 4. The summed E-state index contributed by atoms with van der Waals surface area (Å²) in [5.74, 6) is 0.894. The molecule has 0 saturated heterocycles. The molecular weight excluding hydrogens is 419 g/mol. The van der Waals surface area contributed by atoms with Crippen LogP contribution in [0.2, 0.25) is 0 Å². The average molecular weight is 437 g/mol. The number of nitrogens with zero attached hydrogens (tertiary/aromatic N) is 4. The van der Waals surface area contributed by atoms with Crippen molar-refractivity contribution in [1.82, 2.24) is 20.3 Å². The molecule has 0 aliphatic rings. The number of nitrogen functional groups attached to an aromatic ring is 1. The summed E-state index contributed by atoms with van der Waals surface area (Å²) in [6, 6.07) is 10.2. The van der Waals surface area contributed by atoms with Gasteiger partial charge >= 0.3 is 0 Å². The molecule has 1 heterocycles. The van der Waals surface area contributed by atoms with E-state index in [2.05, 4.69) is 36.9 Å². The molecule has 2 aromatic carbocycles. The van der Waals surface area contributed by atoms with Crippen LogP contribution in [0.1, 0.15) is 18.1 Å². The fraction of sp³-hybridized carbons (Fsp3) is 0.235. The van der Waals surface area contributed by atoms with Gasteiger partial charge in [-0.2, -0.15) is 0 Å². The predicted octanol–water partition coefficient (Wildman–Crippen LogP) is 2.88. The minimum atomic E-state index is -0.313. The second-order valence-corrected chi connectivity index (χ2v) is 6.36. The number of anilines is 1. The van der Waals surface area contributed by atoms with Gasteiger partial charge in [0.1, 0.15) is 12.4 Å². The SMILES string of the molecule is CCOc1cc(CNn2nnnc2N)cc(Br)c1OCc1ccccc1F. The van der Waals surface area contributed by atoms with E-state index in [0.29, 0.717) is 34.7 Å². The minimum absolute atomic E-state index is 0.0874. The molecular formula is C17H18BrFN6O2. The fourth-order valence-corrected chi connectivity index (χ4v) is 2.97. The van der Waals surface area contributed by atoms with Crippen LogP contribution >= 0.6 is 15.9 Å². The van der Waals surface area contributed by atoms with Gasteiger partial charge in [-0.1, -0.05) is 23.3 Å². The third-order valence-electron chi connectivity index (χ3n) is 3.63. The van der Waals surface area contributed by atoms with Gasteiger partial charge in [0.25, 0.3) is 5.95 Å². The number of tetrazole rings is 1. The summed E-state index contributed by atoms with van der Waals surface area (Å²) >= 11 is 3.49. The van der Waals surface area contributed by atoms with E-state index in [0.717, 1.165) is 5.56 Å². The summed E-state index contributed by atoms with van der Waals surface area (Å²) in [5, 5.41) is 10.8. The Balaban J connectivity index is 1.77. The van der Waals surface area contributed by atoms with Crippen LogP contribution < -0.4 is 20.6 Å². The van der Waals surface area contributed by atoms with E-state index >= 15 is 0 Å². The Bertz CT molecular complexity index is 920. The number of ether oxygens (including phenoxy) is 2. The maximum atomic E-state index is 13.8. The first-order chi connectivity index (χ1) is 13.1. The van der Waals surface area contributed by atoms with Gasteiger partial charge < -0.3 is 20.6 Å². The standard InChI is InChI=1S/C17H18BrFN6O2/c1-2-26-15-8-11(9-21-25-17(20)22-23-24-25)7-13(18)16(15)27-10-12-5-3-4-6-14(12)19/h3-8,21H,2,9-10H2,1H3,(H2,20,22,24). The maximum Gasteiger partial charge on any atom is 0.260 e. The molecule has 0 spiro atoms. The molecule has 0 radical (unpaired) electrons. The van der Waals surface area contributed by atoms with E-state index in [1.165, 1.54) is 10.9 Å². The number of hydrogen-bond acceptors (Lipinski definition) is 7. The quantitative estimate of drug-likeness (QED) is 0.559. The van der Waals surface area contributed by atoms with Crippen LogP contribution in [0.3, 0.4) is 0 Å².